The lowest BCUT2D eigenvalue weighted by molar-refractivity contribution is -0.132. The molecule has 1 unspecified atom stereocenters. The summed E-state index contributed by atoms with van der Waals surface area (Å²) in [4.78, 5) is 14.3. The van der Waals surface area contributed by atoms with E-state index in [1.165, 1.54) is 17.7 Å². The van der Waals surface area contributed by atoms with Gasteiger partial charge in [-0.1, -0.05) is 42.3 Å². The number of carbonyl (C=O) groups is 1. The number of nitrogens with zero attached hydrogens (tertiary/aromatic N) is 2. The summed E-state index contributed by atoms with van der Waals surface area (Å²) in [5.74, 6) is -0.157. The number of piperazine rings is 1. The number of hydrogen-bond acceptors (Lipinski definition) is 5. The molecule has 0 bridgehead atoms. The molecule has 7 heteroatoms. The van der Waals surface area contributed by atoms with E-state index in [9.17, 15) is 9.18 Å². The summed E-state index contributed by atoms with van der Waals surface area (Å²) >= 11 is 1.66. The Morgan fingerprint density at radius 1 is 1.07 bits per heavy atom. The monoisotopic (exact) mass is 403 g/mol. The number of carbonyl (C=O) groups excluding carboxylic acids is 1. The van der Waals surface area contributed by atoms with Gasteiger partial charge in [-0.25, -0.2) is 14.2 Å². The van der Waals surface area contributed by atoms with Gasteiger partial charge in [-0.2, -0.15) is 0 Å². The Morgan fingerprint density at radius 3 is 2.39 bits per heavy atom. The maximum Gasteiger partial charge on any atom is 0.247 e. The number of nitrogens with one attached hydrogen (secondary N) is 1. The Hall–Kier alpha value is -2.09. The van der Waals surface area contributed by atoms with Crippen LogP contribution in [0.3, 0.4) is 0 Å². The largest absolute Gasteiger partial charge is 0.369 e. The molecule has 1 amide bonds. The van der Waals surface area contributed by atoms with Crippen LogP contribution in [0.5, 0.6) is 0 Å². The topological polar surface area (TPSA) is 55.8 Å². The minimum absolute atomic E-state index is 0.221. The quantitative estimate of drug-likeness (QED) is 0.402. The van der Waals surface area contributed by atoms with Gasteiger partial charge >= 0.3 is 0 Å². The van der Waals surface area contributed by atoms with Crippen molar-refractivity contribution in [2.75, 3.05) is 36.8 Å². The third-order valence-electron chi connectivity index (χ3n) is 4.99. The Kier molecular flexibility index (Phi) is 7.71. The highest BCUT2D eigenvalue weighted by atomic mass is 32.2. The van der Waals surface area contributed by atoms with Crippen LogP contribution in [0, 0.1) is 11.7 Å². The van der Waals surface area contributed by atoms with Crippen molar-refractivity contribution < 1.29 is 14.4 Å². The number of anilines is 1. The first kappa shape index (κ1) is 20.6. The van der Waals surface area contributed by atoms with E-state index in [0.717, 1.165) is 38.3 Å². The van der Waals surface area contributed by atoms with Gasteiger partial charge in [0.05, 0.1) is 5.92 Å². The molecular weight excluding hydrogens is 377 g/mol. The lowest BCUT2D eigenvalue weighted by Gasteiger charge is -2.35. The lowest BCUT2D eigenvalue weighted by atomic mass is 10.0. The molecule has 5 nitrogen and oxygen atoms in total. The zero-order valence-electron chi connectivity index (χ0n) is 15.8. The van der Waals surface area contributed by atoms with Crippen LogP contribution < -0.4 is 10.4 Å². The summed E-state index contributed by atoms with van der Waals surface area (Å²) in [6.45, 7) is 3.46. The maximum atomic E-state index is 13.1. The van der Waals surface area contributed by atoms with E-state index in [0.29, 0.717) is 12.2 Å². The molecule has 28 heavy (non-hydrogen) atoms. The van der Waals surface area contributed by atoms with Gasteiger partial charge < -0.3 is 4.90 Å². The van der Waals surface area contributed by atoms with Gasteiger partial charge in [0.2, 0.25) is 5.91 Å². The van der Waals surface area contributed by atoms with Gasteiger partial charge in [-0.3, -0.25) is 10.0 Å². The van der Waals surface area contributed by atoms with Crippen LogP contribution in [0.25, 0.3) is 0 Å². The smallest absolute Gasteiger partial charge is 0.247 e. The highest BCUT2D eigenvalue weighted by molar-refractivity contribution is 7.97. The molecule has 0 radical (unpaired) electrons. The molecule has 0 saturated carbocycles. The van der Waals surface area contributed by atoms with E-state index in [1.54, 1.807) is 11.9 Å². The van der Waals surface area contributed by atoms with Gasteiger partial charge in [0.25, 0.3) is 0 Å². The van der Waals surface area contributed by atoms with E-state index in [4.69, 9.17) is 5.21 Å². The number of hydrogen-bond donors (Lipinski definition) is 2. The Labute approximate surface area is 169 Å². The second kappa shape index (κ2) is 10.5. The molecular formula is C21H26FN3O2S. The molecule has 150 valence electrons. The molecule has 0 spiro atoms. The Morgan fingerprint density at radius 2 is 1.75 bits per heavy atom. The van der Waals surface area contributed by atoms with Crippen molar-refractivity contribution in [3.05, 3.63) is 66.0 Å². The van der Waals surface area contributed by atoms with Crippen LogP contribution in [0.15, 0.2) is 54.6 Å². The van der Waals surface area contributed by atoms with Crippen LogP contribution in [0.4, 0.5) is 10.1 Å². The Balaban J connectivity index is 1.46. The minimum Gasteiger partial charge on any atom is -0.369 e. The normalized spacial score (nSPS) is 16.0. The molecule has 1 aliphatic heterocycles. The summed E-state index contributed by atoms with van der Waals surface area (Å²) < 4.78 is 15.3. The molecule has 2 aromatic rings. The summed E-state index contributed by atoms with van der Waals surface area (Å²) in [6.07, 6.45) is 1.50. The van der Waals surface area contributed by atoms with Crippen LogP contribution in [-0.2, 0) is 11.2 Å². The minimum atomic E-state index is -0.326. The average Bonchev–Trinajstić information content (AvgIpc) is 2.75. The summed E-state index contributed by atoms with van der Waals surface area (Å²) in [5.41, 5.74) is 4.04. The molecule has 1 heterocycles. The fourth-order valence-corrected chi connectivity index (χ4v) is 4.42. The first-order chi connectivity index (χ1) is 13.7. The van der Waals surface area contributed by atoms with Crippen LogP contribution >= 0.6 is 11.9 Å². The van der Waals surface area contributed by atoms with Crippen molar-refractivity contribution in [1.29, 1.82) is 0 Å². The predicted octanol–water partition coefficient (Wildman–Crippen LogP) is 3.35. The van der Waals surface area contributed by atoms with Gasteiger partial charge in [-0.05, 0) is 42.7 Å². The van der Waals surface area contributed by atoms with E-state index in [1.807, 2.05) is 35.8 Å². The maximum absolute atomic E-state index is 13.1. The van der Waals surface area contributed by atoms with E-state index in [-0.39, 0.29) is 17.6 Å². The van der Waals surface area contributed by atoms with Crippen LogP contribution in [0.1, 0.15) is 12.0 Å². The molecule has 1 saturated heterocycles. The van der Waals surface area contributed by atoms with Crippen molar-refractivity contribution in [1.82, 2.24) is 9.79 Å². The van der Waals surface area contributed by atoms with Crippen molar-refractivity contribution >= 4 is 23.5 Å². The first-order valence-electron chi connectivity index (χ1n) is 9.52. The van der Waals surface area contributed by atoms with E-state index < -0.39 is 0 Å². The zero-order valence-corrected chi connectivity index (χ0v) is 16.6. The predicted molar refractivity (Wildman–Crippen MR) is 111 cm³/mol. The fraction of sp³-hybridized carbons (Fsp3) is 0.381. The molecule has 0 aliphatic carbocycles. The molecule has 0 aromatic heterocycles. The van der Waals surface area contributed by atoms with Crippen molar-refractivity contribution in [2.45, 2.75) is 12.8 Å². The highest BCUT2D eigenvalue weighted by Crippen LogP contribution is 2.23. The zero-order chi connectivity index (χ0) is 19.8. The van der Waals surface area contributed by atoms with E-state index >= 15 is 0 Å². The second-order valence-corrected chi connectivity index (χ2v) is 7.99. The van der Waals surface area contributed by atoms with Crippen LogP contribution in [0.2, 0.25) is 0 Å². The van der Waals surface area contributed by atoms with Gasteiger partial charge in [0, 0.05) is 37.6 Å². The fourth-order valence-electron chi connectivity index (χ4n) is 3.29. The molecule has 1 aliphatic rings. The molecule has 1 fully saturated rings. The van der Waals surface area contributed by atoms with Gasteiger partial charge in [0.1, 0.15) is 5.82 Å². The summed E-state index contributed by atoms with van der Waals surface area (Å²) in [7, 11) is 0. The van der Waals surface area contributed by atoms with Crippen molar-refractivity contribution in [3.63, 3.8) is 0 Å². The number of halogens is 1. The van der Waals surface area contributed by atoms with Gasteiger partial charge in [-0.15, -0.1) is 0 Å². The standard InChI is InChI=1S/C21H26FN3O2S/c22-19-8-10-20(11-9-19)24-12-14-25(15-13-24)28-16-18(21(26)23-27)7-6-17-4-2-1-3-5-17/h1-5,8-11,18,27H,6-7,12-16H2,(H,23,26). The average molecular weight is 404 g/mol. The highest BCUT2D eigenvalue weighted by Gasteiger charge is 2.22. The van der Waals surface area contributed by atoms with Crippen molar-refractivity contribution in [2.24, 2.45) is 5.92 Å². The molecule has 1 atom stereocenters. The lowest BCUT2D eigenvalue weighted by Crippen LogP contribution is -2.44. The molecule has 2 N–H and O–H groups in total. The van der Waals surface area contributed by atoms with Crippen molar-refractivity contribution in [3.8, 4) is 0 Å². The summed E-state index contributed by atoms with van der Waals surface area (Å²) in [6, 6.07) is 16.7. The Bertz CT molecular complexity index is 737. The number of aryl methyl sites for hydroxylation is 1. The molecule has 2 aromatic carbocycles. The first-order valence-corrected chi connectivity index (χ1v) is 10.5. The number of rotatable bonds is 8. The summed E-state index contributed by atoms with van der Waals surface area (Å²) in [5, 5.41) is 9.06. The SMILES string of the molecule is O=C(NO)C(CCc1ccccc1)CSN1CCN(c2ccc(F)cc2)CC1. The molecule has 3 rings (SSSR count). The number of hydroxylamine groups is 1. The third kappa shape index (κ3) is 5.95. The van der Waals surface area contributed by atoms with Crippen LogP contribution in [-0.4, -0.2) is 47.4 Å². The third-order valence-corrected chi connectivity index (χ3v) is 6.28. The van der Waals surface area contributed by atoms with Gasteiger partial charge in [0.15, 0.2) is 0 Å². The number of benzene rings is 2. The van der Waals surface area contributed by atoms with E-state index in [2.05, 4.69) is 21.3 Å². The second-order valence-electron chi connectivity index (χ2n) is 6.89. The number of amides is 1.